The lowest BCUT2D eigenvalue weighted by molar-refractivity contribution is 0.542. The molecule has 0 saturated carbocycles. The van der Waals surface area contributed by atoms with Crippen LogP contribution in [0, 0.1) is 0 Å². The summed E-state index contributed by atoms with van der Waals surface area (Å²) in [5.41, 5.74) is 6.74. The van der Waals surface area contributed by atoms with E-state index in [2.05, 4.69) is 22.3 Å². The van der Waals surface area contributed by atoms with Gasteiger partial charge in [0.1, 0.15) is 0 Å². The van der Waals surface area contributed by atoms with Gasteiger partial charge in [0.2, 0.25) is 0 Å². The molecule has 0 fully saturated rings. The summed E-state index contributed by atoms with van der Waals surface area (Å²) in [6.07, 6.45) is 0. The molecule has 0 bridgehead atoms. The fourth-order valence-electron chi connectivity index (χ4n) is 0.976. The van der Waals surface area contributed by atoms with Gasteiger partial charge in [-0.1, -0.05) is 12.1 Å². The topological polar surface area (TPSA) is 90.2 Å². The lowest BCUT2D eigenvalue weighted by Crippen LogP contribution is -2.28. The van der Waals surface area contributed by atoms with Crippen LogP contribution in [0.15, 0.2) is 24.3 Å². The molecule has 1 aromatic rings. The van der Waals surface area contributed by atoms with Crippen LogP contribution >= 0.6 is 12.2 Å². The molecule has 0 saturated heterocycles. The Labute approximate surface area is 95.5 Å². The number of anilines is 1. The monoisotopic (exact) mass is 244 g/mol. The molecule has 82 valence electrons. The van der Waals surface area contributed by atoms with Crippen LogP contribution in [0.2, 0.25) is 0 Å². The predicted molar refractivity (Wildman–Crippen MR) is 62.6 cm³/mol. The van der Waals surface area contributed by atoms with Crippen molar-refractivity contribution in [3.63, 3.8) is 0 Å². The second kappa shape index (κ2) is 5.64. The summed E-state index contributed by atoms with van der Waals surface area (Å²) in [5.74, 6) is 0. The van der Waals surface area contributed by atoms with Crippen molar-refractivity contribution in [3.05, 3.63) is 29.8 Å². The van der Waals surface area contributed by atoms with Gasteiger partial charge in [0, 0.05) is 23.5 Å². The molecule has 1 unspecified atom stereocenters. The van der Waals surface area contributed by atoms with Gasteiger partial charge in [-0.3, -0.25) is 4.21 Å². The summed E-state index contributed by atoms with van der Waals surface area (Å²) in [6, 6.07) is 6.87. The van der Waals surface area contributed by atoms with Crippen LogP contribution in [0.3, 0.4) is 0 Å². The number of hydrogen-bond donors (Lipinski definition) is 3. The maximum absolute atomic E-state index is 10.3. The van der Waals surface area contributed by atoms with E-state index in [1.165, 1.54) is 0 Å². The van der Waals surface area contributed by atoms with Crippen LogP contribution < -0.4 is 15.8 Å². The Kier molecular flexibility index (Phi) is 4.47. The predicted octanol–water partition coefficient (Wildman–Crippen LogP) is 0.226. The van der Waals surface area contributed by atoms with E-state index in [1.54, 1.807) is 24.3 Å². The van der Waals surface area contributed by atoms with Crippen molar-refractivity contribution < 1.29 is 8.76 Å². The quantitative estimate of drug-likeness (QED) is 0.521. The highest BCUT2D eigenvalue weighted by Gasteiger charge is 1.94. The fourth-order valence-corrected chi connectivity index (χ4v) is 1.38. The van der Waals surface area contributed by atoms with Gasteiger partial charge in [0.05, 0.1) is 0 Å². The molecule has 1 aromatic carbocycles. The van der Waals surface area contributed by atoms with E-state index in [0.717, 1.165) is 5.56 Å². The summed E-state index contributed by atoms with van der Waals surface area (Å²) in [6.45, 7) is 0.524. The molecule has 0 aliphatic rings. The highest BCUT2D eigenvalue weighted by molar-refractivity contribution is 7.80. The van der Waals surface area contributed by atoms with E-state index in [4.69, 9.17) is 5.73 Å². The second-order valence-electron chi connectivity index (χ2n) is 2.75. The molecule has 0 amide bonds. The van der Waals surface area contributed by atoms with E-state index < -0.39 is 11.3 Å². The van der Waals surface area contributed by atoms with Gasteiger partial charge in [-0.2, -0.15) is 0 Å². The van der Waals surface area contributed by atoms with Gasteiger partial charge in [0.25, 0.3) is 0 Å². The molecule has 1 rings (SSSR count). The zero-order valence-electron chi connectivity index (χ0n) is 7.73. The number of benzene rings is 1. The van der Waals surface area contributed by atoms with Crippen LogP contribution in [0.1, 0.15) is 5.56 Å². The van der Waals surface area contributed by atoms with Crippen LogP contribution in [0.5, 0.6) is 0 Å². The number of rotatable bonds is 4. The van der Waals surface area contributed by atoms with Crippen molar-refractivity contribution >= 4 is 34.3 Å². The first-order chi connectivity index (χ1) is 7.08. The van der Waals surface area contributed by atoms with Crippen LogP contribution in [-0.4, -0.2) is 13.9 Å². The molecular weight excluding hydrogens is 234 g/mol. The van der Waals surface area contributed by atoms with E-state index in [9.17, 15) is 8.76 Å². The van der Waals surface area contributed by atoms with E-state index in [1.807, 2.05) is 0 Å². The molecule has 0 aromatic heterocycles. The van der Waals surface area contributed by atoms with Crippen LogP contribution in [0.25, 0.3) is 0 Å². The highest BCUT2D eigenvalue weighted by Crippen LogP contribution is 2.09. The minimum atomic E-state index is -2.29. The number of thiocarbonyl (C=S) groups is 1. The minimum absolute atomic E-state index is 0.234. The first kappa shape index (κ1) is 11.9. The minimum Gasteiger partial charge on any atom is -0.755 e. The molecule has 0 spiro atoms. The Bertz CT molecular complexity index is 367. The summed E-state index contributed by atoms with van der Waals surface area (Å²) >= 11 is 2.36. The Morgan fingerprint density at radius 2 is 2.07 bits per heavy atom. The Hall–Kier alpha value is -1.18. The van der Waals surface area contributed by atoms with Gasteiger partial charge in [-0.05, 0) is 29.9 Å². The van der Waals surface area contributed by atoms with Crippen molar-refractivity contribution in [1.29, 1.82) is 0 Å². The summed E-state index contributed by atoms with van der Waals surface area (Å²) < 4.78 is 22.9. The number of nitrogens with one attached hydrogen (secondary N) is 2. The third-order valence-electron chi connectivity index (χ3n) is 1.62. The maximum Gasteiger partial charge on any atom is 0.163 e. The van der Waals surface area contributed by atoms with E-state index >= 15 is 0 Å². The van der Waals surface area contributed by atoms with Crippen molar-refractivity contribution in [1.82, 2.24) is 5.32 Å². The molecule has 0 aliphatic carbocycles. The third-order valence-corrected chi connectivity index (χ3v) is 2.17. The van der Waals surface area contributed by atoms with Crippen LogP contribution in [-0.2, 0) is 17.8 Å². The van der Waals surface area contributed by atoms with Gasteiger partial charge >= 0.3 is 0 Å². The van der Waals surface area contributed by atoms with Crippen molar-refractivity contribution in [2.75, 3.05) is 4.72 Å². The average Bonchev–Trinajstić information content (AvgIpc) is 2.16. The lowest BCUT2D eigenvalue weighted by Gasteiger charge is -2.09. The summed E-state index contributed by atoms with van der Waals surface area (Å²) in [7, 11) is 0. The Balaban J connectivity index is 2.56. The second-order valence-corrected chi connectivity index (χ2v) is 3.86. The smallest absolute Gasteiger partial charge is 0.163 e. The van der Waals surface area contributed by atoms with Crippen molar-refractivity contribution in [3.8, 4) is 0 Å². The zero-order valence-corrected chi connectivity index (χ0v) is 9.36. The van der Waals surface area contributed by atoms with Gasteiger partial charge in [-0.25, -0.2) is 0 Å². The first-order valence-electron chi connectivity index (χ1n) is 4.06. The van der Waals surface area contributed by atoms with Gasteiger partial charge in [0.15, 0.2) is 5.11 Å². The maximum atomic E-state index is 10.3. The number of nitrogens with two attached hydrogens (primary N) is 1. The van der Waals surface area contributed by atoms with Gasteiger partial charge in [-0.15, -0.1) is 0 Å². The van der Waals surface area contributed by atoms with Crippen molar-refractivity contribution in [2.45, 2.75) is 6.54 Å². The van der Waals surface area contributed by atoms with Crippen LogP contribution in [0.4, 0.5) is 5.69 Å². The van der Waals surface area contributed by atoms with E-state index in [0.29, 0.717) is 12.2 Å². The molecule has 0 aliphatic heterocycles. The van der Waals surface area contributed by atoms with E-state index in [-0.39, 0.29) is 5.11 Å². The molecular formula is C8H10N3O2S2-. The lowest BCUT2D eigenvalue weighted by atomic mass is 10.2. The highest BCUT2D eigenvalue weighted by atomic mass is 32.2. The molecule has 1 atom stereocenters. The molecule has 0 radical (unpaired) electrons. The fraction of sp³-hybridized carbons (Fsp3) is 0.125. The zero-order chi connectivity index (χ0) is 11.3. The molecule has 5 nitrogen and oxygen atoms in total. The van der Waals surface area contributed by atoms with Crippen molar-refractivity contribution in [2.24, 2.45) is 5.73 Å². The average molecular weight is 244 g/mol. The summed E-state index contributed by atoms with van der Waals surface area (Å²) in [5, 5.41) is 3.02. The molecule has 0 heterocycles. The summed E-state index contributed by atoms with van der Waals surface area (Å²) in [4.78, 5) is 0. The number of hydrogen-bond acceptors (Lipinski definition) is 3. The Morgan fingerprint density at radius 1 is 1.47 bits per heavy atom. The third kappa shape index (κ3) is 4.73. The standard InChI is InChI=1S/C8H11N3O2S2/c9-8(14)10-5-6-1-3-7(4-2-6)11-15(12)13/h1-4,11H,5H2,(H,12,13)(H3,9,10,14)/p-1. The largest absolute Gasteiger partial charge is 0.755 e. The van der Waals surface area contributed by atoms with Gasteiger partial charge < -0.3 is 20.3 Å². The first-order valence-corrected chi connectivity index (χ1v) is 5.54. The Morgan fingerprint density at radius 3 is 2.53 bits per heavy atom. The molecule has 15 heavy (non-hydrogen) atoms. The SMILES string of the molecule is NC(=S)NCc1ccc(NS(=O)[O-])cc1. The molecule has 4 N–H and O–H groups in total. The normalized spacial score (nSPS) is 11.8. The molecule has 7 heteroatoms.